The Kier molecular flexibility index (Phi) is 5.79. The lowest BCUT2D eigenvalue weighted by molar-refractivity contribution is 0.0544. The van der Waals surface area contributed by atoms with Crippen LogP contribution in [0, 0.1) is 0 Å². The molecule has 26 heavy (non-hydrogen) atoms. The van der Waals surface area contributed by atoms with Gasteiger partial charge in [-0.1, -0.05) is 13.3 Å². The van der Waals surface area contributed by atoms with E-state index in [0.29, 0.717) is 29.0 Å². The molecule has 2 aromatic rings. The number of aromatic nitrogens is 1. The number of unbranched alkanes of at least 4 members (excludes halogenated alkanes) is 1. The van der Waals surface area contributed by atoms with E-state index in [-0.39, 0.29) is 5.56 Å². The number of hydrogen-bond acceptors (Lipinski definition) is 5. The first kappa shape index (κ1) is 19.6. The van der Waals surface area contributed by atoms with E-state index in [4.69, 9.17) is 14.2 Å². The number of ether oxygens (including phenoxy) is 3. The molecule has 0 saturated heterocycles. The summed E-state index contributed by atoms with van der Waals surface area (Å²) in [5.41, 5.74) is -0.322. The Morgan fingerprint density at radius 2 is 1.88 bits per heavy atom. The lowest BCUT2D eigenvalue weighted by atomic mass is 10.1. The minimum atomic E-state index is -1.14. The van der Waals surface area contributed by atoms with Gasteiger partial charge in [-0.05, 0) is 33.3 Å². The van der Waals surface area contributed by atoms with Crippen LogP contribution in [0.3, 0.4) is 0 Å². The first-order valence-electron chi connectivity index (χ1n) is 8.50. The summed E-state index contributed by atoms with van der Waals surface area (Å²) >= 11 is 0. The van der Waals surface area contributed by atoms with Gasteiger partial charge in [-0.15, -0.1) is 0 Å². The van der Waals surface area contributed by atoms with E-state index in [2.05, 4.69) is 6.92 Å². The maximum Gasteiger partial charge on any atom is 0.419 e. The number of benzene rings is 1. The molecule has 7 nitrogen and oxygen atoms in total. The van der Waals surface area contributed by atoms with Gasteiger partial charge in [0.05, 0.1) is 24.8 Å². The Morgan fingerprint density at radius 1 is 1.19 bits per heavy atom. The second-order valence-electron chi connectivity index (χ2n) is 6.92. The molecule has 0 aliphatic carbocycles. The molecule has 142 valence electrons. The molecule has 0 aliphatic heterocycles. The largest absolute Gasteiger partial charge is 0.493 e. The summed E-state index contributed by atoms with van der Waals surface area (Å²) in [4.78, 5) is 24.1. The summed E-state index contributed by atoms with van der Waals surface area (Å²) < 4.78 is 17.6. The third kappa shape index (κ3) is 4.28. The number of nitrogens with zero attached hydrogens (tertiary/aromatic N) is 1. The quantitative estimate of drug-likeness (QED) is 0.770. The van der Waals surface area contributed by atoms with Crippen LogP contribution in [0.15, 0.2) is 18.3 Å². The van der Waals surface area contributed by atoms with Crippen molar-refractivity contribution in [2.24, 2.45) is 0 Å². The molecule has 0 aliphatic rings. The zero-order chi connectivity index (χ0) is 19.5. The molecule has 0 amide bonds. The zero-order valence-corrected chi connectivity index (χ0v) is 15.8. The Hall–Kier alpha value is -2.70. The van der Waals surface area contributed by atoms with Crippen LogP contribution in [0.5, 0.6) is 11.5 Å². The lowest BCUT2D eigenvalue weighted by Gasteiger charge is -2.20. The van der Waals surface area contributed by atoms with E-state index in [1.807, 2.05) is 0 Å². The summed E-state index contributed by atoms with van der Waals surface area (Å²) in [6, 6.07) is 3.18. The molecule has 0 saturated carbocycles. The normalized spacial score (nSPS) is 11.4. The molecular weight excluding hydrogens is 338 g/mol. The smallest absolute Gasteiger partial charge is 0.419 e. The number of methoxy groups -OCH3 is 1. The van der Waals surface area contributed by atoms with Gasteiger partial charge in [0.25, 0.3) is 0 Å². The molecule has 0 unspecified atom stereocenters. The van der Waals surface area contributed by atoms with Crippen molar-refractivity contribution in [1.82, 2.24) is 4.57 Å². The van der Waals surface area contributed by atoms with Crippen molar-refractivity contribution in [3.05, 3.63) is 23.9 Å². The van der Waals surface area contributed by atoms with Gasteiger partial charge in [0.15, 0.2) is 11.5 Å². The number of hydrogen-bond donors (Lipinski definition) is 1. The second-order valence-corrected chi connectivity index (χ2v) is 6.92. The monoisotopic (exact) mass is 363 g/mol. The topological polar surface area (TPSA) is 87.0 Å². The van der Waals surface area contributed by atoms with Gasteiger partial charge in [0, 0.05) is 17.6 Å². The van der Waals surface area contributed by atoms with Crippen LogP contribution in [-0.2, 0) is 4.74 Å². The number of carboxylic acid groups (broad SMARTS) is 1. The molecule has 0 fully saturated rings. The molecule has 0 radical (unpaired) electrons. The van der Waals surface area contributed by atoms with E-state index in [9.17, 15) is 14.7 Å². The van der Waals surface area contributed by atoms with Crippen LogP contribution in [0.1, 0.15) is 50.9 Å². The maximum absolute atomic E-state index is 12.5. The summed E-state index contributed by atoms with van der Waals surface area (Å²) in [5.74, 6) is -0.273. The SMILES string of the molecule is CCCCOc1cc2c(cc1OC)c(C(=O)O)cn2C(=O)OC(C)(C)C. The highest BCUT2D eigenvalue weighted by Gasteiger charge is 2.24. The predicted octanol–water partition coefficient (Wildman–Crippen LogP) is 4.31. The molecule has 1 N–H and O–H groups in total. The highest BCUT2D eigenvalue weighted by Crippen LogP contribution is 2.35. The fourth-order valence-corrected chi connectivity index (χ4v) is 2.46. The Balaban J connectivity index is 2.59. The Morgan fingerprint density at radius 3 is 2.42 bits per heavy atom. The van der Waals surface area contributed by atoms with Gasteiger partial charge in [-0.25, -0.2) is 9.59 Å². The van der Waals surface area contributed by atoms with E-state index < -0.39 is 17.7 Å². The number of carboxylic acids is 1. The molecule has 7 heteroatoms. The van der Waals surface area contributed by atoms with Gasteiger partial charge in [0.1, 0.15) is 5.60 Å². The van der Waals surface area contributed by atoms with Crippen molar-refractivity contribution in [3.63, 3.8) is 0 Å². The minimum Gasteiger partial charge on any atom is -0.493 e. The fourth-order valence-electron chi connectivity index (χ4n) is 2.46. The standard InChI is InChI=1S/C19H25NO6/c1-6-7-8-25-16-10-14-12(9-15(16)24-5)13(17(21)22)11-20(14)18(23)26-19(2,3)4/h9-11H,6-8H2,1-5H3,(H,21,22). The van der Waals surface area contributed by atoms with Crippen molar-refractivity contribution in [2.45, 2.75) is 46.1 Å². The Labute approximate surface area is 152 Å². The molecule has 0 bridgehead atoms. The van der Waals surface area contributed by atoms with Crippen molar-refractivity contribution in [2.75, 3.05) is 13.7 Å². The average molecular weight is 363 g/mol. The van der Waals surface area contributed by atoms with E-state index >= 15 is 0 Å². The van der Waals surface area contributed by atoms with Crippen molar-refractivity contribution >= 4 is 23.0 Å². The molecule has 1 aromatic carbocycles. The molecular formula is C19H25NO6. The predicted molar refractivity (Wildman–Crippen MR) is 97.5 cm³/mol. The zero-order valence-electron chi connectivity index (χ0n) is 15.8. The van der Waals surface area contributed by atoms with Crippen LogP contribution < -0.4 is 9.47 Å². The summed E-state index contributed by atoms with van der Waals surface area (Å²) in [6.45, 7) is 7.79. The number of rotatable bonds is 6. The van der Waals surface area contributed by atoms with Gasteiger partial charge in [-0.2, -0.15) is 0 Å². The first-order chi connectivity index (χ1) is 12.2. The highest BCUT2D eigenvalue weighted by molar-refractivity contribution is 6.07. The van der Waals surface area contributed by atoms with Crippen molar-refractivity contribution in [3.8, 4) is 11.5 Å². The number of carbonyl (C=O) groups is 2. The van der Waals surface area contributed by atoms with Crippen molar-refractivity contribution < 1.29 is 28.9 Å². The van der Waals surface area contributed by atoms with Crippen LogP contribution in [0.25, 0.3) is 10.9 Å². The summed E-state index contributed by atoms with van der Waals surface area (Å²) in [6.07, 6.45) is 2.45. The van der Waals surface area contributed by atoms with E-state index in [1.165, 1.54) is 17.9 Å². The van der Waals surface area contributed by atoms with Crippen LogP contribution >= 0.6 is 0 Å². The summed E-state index contributed by atoms with van der Waals surface area (Å²) in [7, 11) is 1.49. The molecule has 1 aromatic heterocycles. The minimum absolute atomic E-state index is 0.00994. The lowest BCUT2D eigenvalue weighted by Crippen LogP contribution is -2.26. The highest BCUT2D eigenvalue weighted by atomic mass is 16.6. The number of carbonyl (C=O) groups excluding carboxylic acids is 1. The third-order valence-corrected chi connectivity index (χ3v) is 3.67. The molecule has 0 atom stereocenters. The number of aromatic carboxylic acids is 1. The second kappa shape index (κ2) is 7.68. The molecule has 0 spiro atoms. The average Bonchev–Trinajstić information content (AvgIpc) is 2.91. The van der Waals surface area contributed by atoms with Gasteiger partial charge in [-0.3, -0.25) is 4.57 Å². The van der Waals surface area contributed by atoms with Crippen LogP contribution in [0.2, 0.25) is 0 Å². The van der Waals surface area contributed by atoms with Crippen LogP contribution in [0.4, 0.5) is 4.79 Å². The number of fused-ring (bicyclic) bond motifs is 1. The molecule has 1 heterocycles. The van der Waals surface area contributed by atoms with Gasteiger partial charge < -0.3 is 19.3 Å². The van der Waals surface area contributed by atoms with Gasteiger partial charge >= 0.3 is 12.1 Å². The molecule has 2 rings (SSSR count). The Bertz CT molecular complexity index is 816. The van der Waals surface area contributed by atoms with E-state index in [0.717, 1.165) is 12.8 Å². The summed E-state index contributed by atoms with van der Waals surface area (Å²) in [5, 5.41) is 9.86. The third-order valence-electron chi connectivity index (χ3n) is 3.67. The van der Waals surface area contributed by atoms with Crippen LogP contribution in [-0.4, -0.2) is 41.1 Å². The van der Waals surface area contributed by atoms with Crippen molar-refractivity contribution in [1.29, 1.82) is 0 Å². The first-order valence-corrected chi connectivity index (χ1v) is 8.50. The van der Waals surface area contributed by atoms with E-state index in [1.54, 1.807) is 32.9 Å². The van der Waals surface area contributed by atoms with Gasteiger partial charge in [0.2, 0.25) is 0 Å². The maximum atomic E-state index is 12.5. The fraction of sp³-hybridized carbons (Fsp3) is 0.474.